The van der Waals surface area contributed by atoms with Crippen LogP contribution in [0.1, 0.15) is 6.92 Å². The van der Waals surface area contributed by atoms with Crippen LogP contribution < -0.4 is 5.73 Å². The lowest BCUT2D eigenvalue weighted by Crippen LogP contribution is -2.20. The van der Waals surface area contributed by atoms with Crippen molar-refractivity contribution in [1.29, 1.82) is 0 Å². The van der Waals surface area contributed by atoms with Crippen LogP contribution in [0.2, 0.25) is 0 Å². The molecule has 0 aliphatic carbocycles. The highest BCUT2D eigenvalue weighted by Crippen LogP contribution is 2.10. The molecule has 4 nitrogen and oxygen atoms in total. The molecule has 0 aromatic carbocycles. The van der Waals surface area contributed by atoms with E-state index in [9.17, 15) is 4.79 Å². The summed E-state index contributed by atoms with van der Waals surface area (Å²) < 4.78 is 9.58. The number of esters is 1. The Balaban J connectivity index is 2.51. The molecular formula is C6H9NO3. The van der Waals surface area contributed by atoms with Crippen molar-refractivity contribution in [2.45, 2.75) is 13.2 Å². The Labute approximate surface area is 58.6 Å². The highest BCUT2D eigenvalue weighted by molar-refractivity contribution is 5.85. The Morgan fingerprint density at radius 2 is 2.60 bits per heavy atom. The molecule has 10 heavy (non-hydrogen) atoms. The van der Waals surface area contributed by atoms with E-state index < -0.39 is 12.3 Å². The summed E-state index contributed by atoms with van der Waals surface area (Å²) in [5.74, 6) is -0.434. The molecule has 1 rings (SSSR count). The van der Waals surface area contributed by atoms with Crippen molar-refractivity contribution in [2.24, 2.45) is 5.73 Å². The lowest BCUT2D eigenvalue weighted by Gasteiger charge is -2.09. The third-order valence-electron chi connectivity index (χ3n) is 1.10. The highest BCUT2D eigenvalue weighted by atomic mass is 16.7. The second kappa shape index (κ2) is 2.70. The fourth-order valence-electron chi connectivity index (χ4n) is 0.693. The molecule has 0 unspecified atom stereocenters. The molecule has 1 heterocycles. The molecule has 56 valence electrons. The molecule has 2 N–H and O–H groups in total. The molecule has 0 aromatic heterocycles. The third-order valence-corrected chi connectivity index (χ3v) is 1.10. The molecule has 0 saturated carbocycles. The van der Waals surface area contributed by atoms with E-state index in [0.717, 1.165) is 0 Å². The summed E-state index contributed by atoms with van der Waals surface area (Å²) in [7, 11) is 0. The van der Waals surface area contributed by atoms with E-state index >= 15 is 0 Å². The number of carbonyl (C=O) groups is 1. The Bertz CT molecular complexity index is 176. The predicted octanol–water partition coefficient (Wildman–Crippen LogP) is -0.252. The zero-order valence-corrected chi connectivity index (χ0v) is 5.66. The second-order valence-electron chi connectivity index (χ2n) is 1.87. The largest absolute Gasteiger partial charge is 0.426 e. The average Bonchev–Trinajstić information content (AvgIpc) is 2.13. The quantitative estimate of drug-likeness (QED) is 0.541. The maximum absolute atomic E-state index is 10.5. The van der Waals surface area contributed by atoms with E-state index in [1.807, 2.05) is 0 Å². The van der Waals surface area contributed by atoms with Crippen LogP contribution in [0.3, 0.4) is 0 Å². The monoisotopic (exact) mass is 143 g/mol. The molecule has 1 atom stereocenters. The first kappa shape index (κ1) is 7.08. The summed E-state index contributed by atoms with van der Waals surface area (Å²) in [6.45, 7) is 2.28. The summed E-state index contributed by atoms with van der Waals surface area (Å²) in [5.41, 5.74) is 5.69. The van der Waals surface area contributed by atoms with Crippen molar-refractivity contribution < 1.29 is 14.3 Å². The summed E-state index contributed by atoms with van der Waals surface area (Å²) in [6, 6.07) is 0. The van der Waals surface area contributed by atoms with Gasteiger partial charge in [-0.1, -0.05) is 0 Å². The van der Waals surface area contributed by atoms with Gasteiger partial charge < -0.3 is 15.2 Å². The summed E-state index contributed by atoms with van der Waals surface area (Å²) >= 11 is 0. The first-order valence-corrected chi connectivity index (χ1v) is 3.03. The Morgan fingerprint density at radius 3 is 3.00 bits per heavy atom. The van der Waals surface area contributed by atoms with Crippen molar-refractivity contribution in [1.82, 2.24) is 0 Å². The number of hydrogen-bond donors (Lipinski definition) is 1. The van der Waals surface area contributed by atoms with Crippen LogP contribution in [-0.2, 0) is 14.3 Å². The molecule has 0 spiro atoms. The zero-order chi connectivity index (χ0) is 7.56. The van der Waals surface area contributed by atoms with Crippen LogP contribution in [0, 0.1) is 0 Å². The number of ether oxygens (including phenoxy) is 2. The van der Waals surface area contributed by atoms with Gasteiger partial charge >= 0.3 is 5.97 Å². The molecule has 0 amide bonds. The summed E-state index contributed by atoms with van der Waals surface area (Å²) in [6.07, 6.45) is 0.567. The van der Waals surface area contributed by atoms with E-state index in [1.54, 1.807) is 6.92 Å². The molecule has 4 heteroatoms. The Hall–Kier alpha value is -1.03. The lowest BCUT2D eigenvalue weighted by atomic mass is 10.4. The van der Waals surface area contributed by atoms with E-state index in [2.05, 4.69) is 4.74 Å². The van der Waals surface area contributed by atoms with Gasteiger partial charge in [0.15, 0.2) is 0 Å². The van der Waals surface area contributed by atoms with Crippen LogP contribution >= 0.6 is 0 Å². The molecular weight excluding hydrogens is 134 g/mol. The van der Waals surface area contributed by atoms with Crippen molar-refractivity contribution >= 4 is 5.97 Å². The van der Waals surface area contributed by atoms with Crippen molar-refractivity contribution in [3.8, 4) is 0 Å². The third kappa shape index (κ3) is 1.27. The number of hydrogen-bond acceptors (Lipinski definition) is 4. The first-order valence-electron chi connectivity index (χ1n) is 3.03. The van der Waals surface area contributed by atoms with Gasteiger partial charge in [0, 0.05) is 12.7 Å². The van der Waals surface area contributed by atoms with E-state index in [1.165, 1.54) is 6.08 Å². The van der Waals surface area contributed by atoms with Gasteiger partial charge in [0.05, 0.1) is 5.70 Å². The predicted molar refractivity (Wildman–Crippen MR) is 33.8 cm³/mol. The smallest absolute Gasteiger partial charge is 0.335 e. The van der Waals surface area contributed by atoms with Gasteiger partial charge in [0.2, 0.25) is 6.29 Å². The molecule has 1 aliphatic rings. The fraction of sp³-hybridized carbons (Fsp3) is 0.500. The minimum absolute atomic E-state index is 0.340. The topological polar surface area (TPSA) is 61.5 Å². The number of rotatable bonds is 2. The summed E-state index contributed by atoms with van der Waals surface area (Å²) in [5, 5.41) is 0. The minimum Gasteiger partial charge on any atom is -0.426 e. The number of nitrogens with two attached hydrogens (primary N) is 1. The van der Waals surface area contributed by atoms with Crippen molar-refractivity contribution in [3.63, 3.8) is 0 Å². The molecule has 0 bridgehead atoms. The molecule has 0 saturated heterocycles. The first-order chi connectivity index (χ1) is 4.74. The highest BCUT2D eigenvalue weighted by Gasteiger charge is 2.23. The van der Waals surface area contributed by atoms with Gasteiger partial charge in [-0.05, 0) is 6.92 Å². The van der Waals surface area contributed by atoms with Crippen LogP contribution in [-0.4, -0.2) is 18.9 Å². The zero-order valence-electron chi connectivity index (χ0n) is 5.66. The van der Waals surface area contributed by atoms with Gasteiger partial charge in [0.1, 0.15) is 0 Å². The minimum atomic E-state index is -0.655. The molecule has 0 fully saturated rings. The average molecular weight is 143 g/mol. The number of cyclic esters (lactones) is 1. The Morgan fingerprint density at radius 1 is 1.90 bits per heavy atom. The van der Waals surface area contributed by atoms with E-state index in [4.69, 9.17) is 10.5 Å². The maximum Gasteiger partial charge on any atom is 0.335 e. The van der Waals surface area contributed by atoms with Crippen LogP contribution in [0.25, 0.3) is 0 Å². The van der Waals surface area contributed by atoms with Crippen LogP contribution in [0.4, 0.5) is 0 Å². The van der Waals surface area contributed by atoms with Gasteiger partial charge in [0.25, 0.3) is 0 Å². The van der Waals surface area contributed by atoms with Crippen LogP contribution in [0.5, 0.6) is 0 Å². The van der Waals surface area contributed by atoms with Gasteiger partial charge in [-0.25, -0.2) is 4.79 Å². The van der Waals surface area contributed by atoms with Crippen molar-refractivity contribution in [3.05, 3.63) is 11.8 Å². The molecule has 0 aromatic rings. The molecule has 1 aliphatic heterocycles. The lowest BCUT2D eigenvalue weighted by molar-refractivity contribution is -0.158. The van der Waals surface area contributed by atoms with Crippen molar-refractivity contribution in [2.75, 3.05) is 6.61 Å². The van der Waals surface area contributed by atoms with Crippen LogP contribution in [0.15, 0.2) is 11.8 Å². The van der Waals surface area contributed by atoms with E-state index in [-0.39, 0.29) is 0 Å². The fourth-order valence-corrected chi connectivity index (χ4v) is 0.693. The normalized spacial score (nSPS) is 24.3. The van der Waals surface area contributed by atoms with Gasteiger partial charge in [-0.2, -0.15) is 0 Å². The van der Waals surface area contributed by atoms with Gasteiger partial charge in [-0.15, -0.1) is 0 Å². The molecule has 0 radical (unpaired) electrons. The standard InChI is InChI=1S/C6H9NO3/c1-2-9-6-4(7)3-5(8)10-6/h3,6H,2,7H2,1H3/t6-/m1/s1. The van der Waals surface area contributed by atoms with E-state index in [0.29, 0.717) is 12.3 Å². The Kier molecular flexibility index (Phi) is 1.91. The maximum atomic E-state index is 10.5. The summed E-state index contributed by atoms with van der Waals surface area (Å²) in [4.78, 5) is 10.5. The second-order valence-corrected chi connectivity index (χ2v) is 1.87. The SMILES string of the molecule is CCO[C@@H]1OC(=O)C=C1N. The number of carbonyl (C=O) groups excluding carboxylic acids is 1. The van der Waals surface area contributed by atoms with Gasteiger partial charge in [-0.3, -0.25) is 0 Å².